The van der Waals surface area contributed by atoms with E-state index in [9.17, 15) is 13.2 Å². The average molecular weight is 354 g/mol. The van der Waals surface area contributed by atoms with E-state index in [4.69, 9.17) is 5.73 Å². The molecule has 1 aliphatic heterocycles. The molecule has 1 aliphatic carbocycles. The molecule has 2 aliphatic rings. The van der Waals surface area contributed by atoms with Crippen molar-refractivity contribution in [3.63, 3.8) is 0 Å². The number of halogens is 3. The fraction of sp³-hybridized carbons (Fsp3) is 0.684. The van der Waals surface area contributed by atoms with Crippen molar-refractivity contribution >= 4 is 5.69 Å². The molecule has 0 amide bonds. The summed E-state index contributed by atoms with van der Waals surface area (Å²) in [6.07, 6.45) is 1.34. The molecule has 0 spiro atoms. The molecule has 0 bridgehead atoms. The van der Waals surface area contributed by atoms with Gasteiger partial charge in [0.05, 0.1) is 5.56 Å². The third-order valence-corrected chi connectivity index (χ3v) is 5.61. The van der Waals surface area contributed by atoms with Gasteiger partial charge in [0.25, 0.3) is 0 Å². The van der Waals surface area contributed by atoms with Gasteiger partial charge in [0.2, 0.25) is 0 Å². The van der Waals surface area contributed by atoms with Gasteiger partial charge in [0.1, 0.15) is 0 Å². The van der Waals surface area contributed by atoms with Gasteiger partial charge >= 0.3 is 6.18 Å². The van der Waals surface area contributed by atoms with E-state index < -0.39 is 11.7 Å². The number of nitrogens with one attached hydrogen (secondary N) is 1. The average Bonchev–Trinajstić information content (AvgIpc) is 2.61. The molecule has 0 unspecified atom stereocenters. The standard InChI is InChI=1S/C19H27F3N3/c20-19(21,22)16-2-1-3-18(14-16)25-12-10-24(11-13-25)9-8-15-4-6-17(23)7-5-15/h1-3,14-15,17,23H,4-13H2/q-1. The zero-order valence-corrected chi connectivity index (χ0v) is 14.6. The van der Waals surface area contributed by atoms with Crippen molar-refractivity contribution in [2.45, 2.75) is 44.3 Å². The predicted octanol–water partition coefficient (Wildman–Crippen LogP) is 4.83. The SMILES string of the molecule is [NH-]C1CCC(CCN2CCN(c3cccc(C(F)(F)F)c3)CC2)CC1. The Kier molecular flexibility index (Phi) is 5.89. The summed E-state index contributed by atoms with van der Waals surface area (Å²) < 4.78 is 38.6. The summed E-state index contributed by atoms with van der Waals surface area (Å²) in [5, 5.41) is 0. The van der Waals surface area contributed by atoms with Gasteiger partial charge in [-0.2, -0.15) is 13.2 Å². The highest BCUT2D eigenvalue weighted by molar-refractivity contribution is 5.49. The molecule has 1 aromatic rings. The first kappa shape index (κ1) is 18.5. The smallest absolute Gasteiger partial charge is 0.416 e. The number of anilines is 1. The van der Waals surface area contributed by atoms with Crippen LogP contribution in [0, 0.1) is 5.92 Å². The monoisotopic (exact) mass is 354 g/mol. The molecule has 1 aromatic carbocycles. The third-order valence-electron chi connectivity index (χ3n) is 5.61. The zero-order valence-electron chi connectivity index (χ0n) is 14.6. The maximum absolute atomic E-state index is 12.9. The first-order valence-corrected chi connectivity index (χ1v) is 9.27. The van der Waals surface area contributed by atoms with Crippen LogP contribution in [0.3, 0.4) is 0 Å². The topological polar surface area (TPSA) is 30.3 Å². The van der Waals surface area contributed by atoms with Crippen LogP contribution in [0.25, 0.3) is 5.73 Å². The predicted molar refractivity (Wildman–Crippen MR) is 94.8 cm³/mol. The van der Waals surface area contributed by atoms with Crippen molar-refractivity contribution < 1.29 is 13.2 Å². The Morgan fingerprint density at radius 2 is 1.68 bits per heavy atom. The Bertz CT molecular complexity index is 545. The Hall–Kier alpha value is -1.27. The van der Waals surface area contributed by atoms with Gasteiger partial charge in [-0.1, -0.05) is 31.7 Å². The molecular formula is C19H27F3N3-. The molecule has 1 saturated heterocycles. The number of nitrogens with zero attached hydrogens (tertiary/aromatic N) is 2. The molecule has 140 valence electrons. The van der Waals surface area contributed by atoms with E-state index in [2.05, 4.69) is 9.80 Å². The van der Waals surface area contributed by atoms with E-state index in [-0.39, 0.29) is 6.04 Å². The summed E-state index contributed by atoms with van der Waals surface area (Å²) in [7, 11) is 0. The first-order valence-electron chi connectivity index (χ1n) is 9.27. The molecule has 0 atom stereocenters. The summed E-state index contributed by atoms with van der Waals surface area (Å²) in [4.78, 5) is 4.48. The minimum Gasteiger partial charge on any atom is -0.675 e. The molecule has 6 heteroatoms. The summed E-state index contributed by atoms with van der Waals surface area (Å²) in [5.74, 6) is 0.753. The maximum Gasteiger partial charge on any atom is 0.416 e. The van der Waals surface area contributed by atoms with Crippen LogP contribution in [0.2, 0.25) is 0 Å². The number of rotatable bonds is 4. The second-order valence-corrected chi connectivity index (χ2v) is 7.38. The molecule has 0 radical (unpaired) electrons. The lowest BCUT2D eigenvalue weighted by molar-refractivity contribution is -0.137. The van der Waals surface area contributed by atoms with Gasteiger partial charge in [0.15, 0.2) is 0 Å². The summed E-state index contributed by atoms with van der Waals surface area (Å²) in [6.45, 7) is 4.44. The van der Waals surface area contributed by atoms with Gasteiger partial charge in [0, 0.05) is 31.9 Å². The van der Waals surface area contributed by atoms with Crippen molar-refractivity contribution in [3.05, 3.63) is 35.6 Å². The highest BCUT2D eigenvalue weighted by Crippen LogP contribution is 2.32. The van der Waals surface area contributed by atoms with Gasteiger partial charge in [-0.3, -0.25) is 4.90 Å². The summed E-state index contributed by atoms with van der Waals surface area (Å²) in [5.41, 5.74) is 7.86. The minimum atomic E-state index is -4.28. The lowest BCUT2D eigenvalue weighted by Crippen LogP contribution is -2.47. The maximum atomic E-state index is 12.9. The molecule has 25 heavy (non-hydrogen) atoms. The highest BCUT2D eigenvalue weighted by Gasteiger charge is 2.31. The van der Waals surface area contributed by atoms with Gasteiger partial charge in [-0.25, -0.2) is 0 Å². The van der Waals surface area contributed by atoms with E-state index in [1.54, 1.807) is 6.07 Å². The van der Waals surface area contributed by atoms with E-state index in [1.165, 1.54) is 31.4 Å². The van der Waals surface area contributed by atoms with E-state index in [1.807, 2.05) is 0 Å². The lowest BCUT2D eigenvalue weighted by Gasteiger charge is -2.37. The Morgan fingerprint density at radius 1 is 1.00 bits per heavy atom. The third kappa shape index (κ3) is 5.11. The lowest BCUT2D eigenvalue weighted by atomic mass is 9.84. The van der Waals surface area contributed by atoms with E-state index in [0.29, 0.717) is 5.69 Å². The molecule has 2 fully saturated rings. The fourth-order valence-electron chi connectivity index (χ4n) is 3.92. The van der Waals surface area contributed by atoms with Crippen molar-refractivity contribution in [1.82, 2.24) is 4.90 Å². The second kappa shape index (κ2) is 7.96. The van der Waals surface area contributed by atoms with Crippen molar-refractivity contribution in [2.24, 2.45) is 5.92 Å². The fourth-order valence-corrected chi connectivity index (χ4v) is 3.92. The van der Waals surface area contributed by atoms with Gasteiger partial charge < -0.3 is 10.6 Å². The largest absolute Gasteiger partial charge is 0.675 e. The first-order chi connectivity index (χ1) is 11.9. The Balaban J connectivity index is 1.46. The molecule has 3 rings (SSSR count). The molecule has 0 aromatic heterocycles. The number of piperazine rings is 1. The van der Waals surface area contributed by atoms with Crippen LogP contribution < -0.4 is 4.90 Å². The molecule has 1 saturated carbocycles. The van der Waals surface area contributed by atoms with Crippen LogP contribution in [0.1, 0.15) is 37.7 Å². The number of benzene rings is 1. The van der Waals surface area contributed by atoms with Crippen LogP contribution in [0.5, 0.6) is 0 Å². The minimum absolute atomic E-state index is 0.146. The van der Waals surface area contributed by atoms with Crippen LogP contribution in [0.4, 0.5) is 18.9 Å². The van der Waals surface area contributed by atoms with Gasteiger partial charge in [-0.05, 0) is 37.1 Å². The van der Waals surface area contributed by atoms with E-state index in [0.717, 1.165) is 57.5 Å². The Morgan fingerprint density at radius 3 is 2.32 bits per heavy atom. The van der Waals surface area contributed by atoms with Crippen LogP contribution in [0.15, 0.2) is 24.3 Å². The van der Waals surface area contributed by atoms with Crippen LogP contribution in [-0.2, 0) is 6.18 Å². The summed E-state index contributed by atoms with van der Waals surface area (Å²) in [6, 6.07) is 5.80. The zero-order chi connectivity index (χ0) is 17.9. The van der Waals surface area contributed by atoms with Crippen molar-refractivity contribution in [2.75, 3.05) is 37.6 Å². The molecule has 1 heterocycles. The number of hydrogen-bond acceptors (Lipinski definition) is 2. The molecular weight excluding hydrogens is 327 g/mol. The van der Waals surface area contributed by atoms with Crippen molar-refractivity contribution in [1.29, 1.82) is 0 Å². The second-order valence-electron chi connectivity index (χ2n) is 7.38. The normalized spacial score (nSPS) is 26.0. The van der Waals surface area contributed by atoms with Crippen LogP contribution >= 0.6 is 0 Å². The van der Waals surface area contributed by atoms with Gasteiger partial charge in [-0.15, -0.1) is 6.04 Å². The Labute approximate surface area is 148 Å². The van der Waals surface area contributed by atoms with Crippen molar-refractivity contribution in [3.8, 4) is 0 Å². The molecule has 3 nitrogen and oxygen atoms in total. The van der Waals surface area contributed by atoms with E-state index >= 15 is 0 Å². The quantitative estimate of drug-likeness (QED) is 0.775. The van der Waals surface area contributed by atoms with Crippen LogP contribution in [-0.4, -0.2) is 43.7 Å². The molecule has 1 N–H and O–H groups in total. The highest BCUT2D eigenvalue weighted by atomic mass is 19.4. The number of hydrogen-bond donors (Lipinski definition) is 0. The summed E-state index contributed by atoms with van der Waals surface area (Å²) >= 11 is 0. The number of alkyl halides is 3.